The van der Waals surface area contributed by atoms with E-state index in [9.17, 15) is 19.9 Å². The highest BCUT2D eigenvalue weighted by atomic mass is 16.8. The second-order valence-electron chi connectivity index (χ2n) is 5.19. The van der Waals surface area contributed by atoms with Gasteiger partial charge in [0.25, 0.3) is 5.91 Å². The average molecular weight is 327 g/mol. The maximum atomic E-state index is 12.3. The monoisotopic (exact) mass is 327 g/mol. The summed E-state index contributed by atoms with van der Waals surface area (Å²) in [6.45, 7) is 0. The van der Waals surface area contributed by atoms with Crippen LogP contribution in [-0.2, 0) is 11.2 Å². The molecule has 1 amide bonds. The molecule has 0 saturated heterocycles. The van der Waals surface area contributed by atoms with Crippen LogP contribution in [0.4, 0.5) is 0 Å². The number of nitrogens with zero attached hydrogens (tertiary/aromatic N) is 2. The minimum atomic E-state index is -1.14. The van der Waals surface area contributed by atoms with Crippen molar-refractivity contribution in [2.24, 2.45) is 0 Å². The molecule has 1 heterocycles. The summed E-state index contributed by atoms with van der Waals surface area (Å²) >= 11 is 0. The number of carboxylic acid groups (broad SMARTS) is 1. The van der Waals surface area contributed by atoms with Gasteiger partial charge in [-0.05, 0) is 22.6 Å². The van der Waals surface area contributed by atoms with Crippen LogP contribution < -0.4 is 10.2 Å². The van der Waals surface area contributed by atoms with Gasteiger partial charge in [0.05, 0.1) is 0 Å². The minimum absolute atomic E-state index is 0.0950. The Morgan fingerprint density at radius 2 is 2.00 bits per heavy atom. The smallest absolute Gasteiger partial charge is 0.326 e. The Morgan fingerprint density at radius 3 is 2.71 bits per heavy atom. The third kappa shape index (κ3) is 3.17. The molecule has 1 unspecified atom stereocenters. The summed E-state index contributed by atoms with van der Waals surface area (Å²) in [5.41, 5.74) is 1.34. The van der Waals surface area contributed by atoms with Crippen LogP contribution in [0.3, 0.4) is 0 Å². The minimum Gasteiger partial charge on any atom is -0.480 e. The first-order valence-electron chi connectivity index (χ1n) is 7.11. The highest BCUT2D eigenvalue weighted by molar-refractivity contribution is 5.98. The molecule has 1 atom stereocenters. The number of hydrogen-bond acceptors (Lipinski definition) is 5. The van der Waals surface area contributed by atoms with Gasteiger partial charge in [0.2, 0.25) is 11.0 Å². The summed E-state index contributed by atoms with van der Waals surface area (Å²) in [6, 6.07) is 12.1. The first kappa shape index (κ1) is 15.5. The van der Waals surface area contributed by atoms with E-state index in [0.717, 1.165) is 5.56 Å². The molecule has 0 bridgehead atoms. The summed E-state index contributed by atoms with van der Waals surface area (Å²) in [7, 11) is 0. The van der Waals surface area contributed by atoms with Crippen LogP contribution in [0.1, 0.15) is 15.9 Å². The number of carbonyl (C=O) groups excluding carboxylic acids is 1. The number of benzene rings is 2. The molecule has 1 aromatic heterocycles. The molecule has 2 aromatic carbocycles. The van der Waals surface area contributed by atoms with Gasteiger partial charge in [0, 0.05) is 23.2 Å². The number of carboxylic acids is 1. The topological polar surface area (TPSA) is 119 Å². The number of hydrogen-bond donors (Lipinski definition) is 2. The van der Waals surface area contributed by atoms with Crippen molar-refractivity contribution in [2.45, 2.75) is 12.5 Å². The standard InChI is InChI=1S/C16H13N3O5/c20-15(11-6-7-12-14(9-11)19(23)24-18-12)17-13(16(21)22)8-10-4-2-1-3-5-10/h1-7,9,13H,8H2,(H,17,20)(H,21,22). The number of amides is 1. The van der Waals surface area contributed by atoms with Crippen LogP contribution >= 0.6 is 0 Å². The molecule has 0 aliphatic rings. The normalized spacial score (nSPS) is 12.0. The lowest BCUT2D eigenvalue weighted by molar-refractivity contribution is -0.782. The predicted molar refractivity (Wildman–Crippen MR) is 82.0 cm³/mol. The second-order valence-corrected chi connectivity index (χ2v) is 5.19. The Kier molecular flexibility index (Phi) is 4.11. The lowest BCUT2D eigenvalue weighted by atomic mass is 10.1. The molecule has 0 aliphatic heterocycles. The van der Waals surface area contributed by atoms with Gasteiger partial charge in [-0.1, -0.05) is 30.3 Å². The third-order valence-corrected chi connectivity index (χ3v) is 3.53. The number of nitrogens with one attached hydrogen (secondary N) is 1. The number of aliphatic carboxylic acids is 1. The van der Waals surface area contributed by atoms with E-state index < -0.39 is 17.9 Å². The Balaban J connectivity index is 1.79. The van der Waals surface area contributed by atoms with Crippen molar-refractivity contribution in [2.75, 3.05) is 0 Å². The summed E-state index contributed by atoms with van der Waals surface area (Å²) in [5, 5.41) is 26.7. The van der Waals surface area contributed by atoms with Gasteiger partial charge >= 0.3 is 5.97 Å². The lowest BCUT2D eigenvalue weighted by Gasteiger charge is -2.14. The Morgan fingerprint density at radius 1 is 1.25 bits per heavy atom. The quantitative estimate of drug-likeness (QED) is 0.672. The van der Waals surface area contributed by atoms with E-state index in [1.165, 1.54) is 18.2 Å². The highest BCUT2D eigenvalue weighted by Crippen LogP contribution is 2.11. The highest BCUT2D eigenvalue weighted by Gasteiger charge is 2.22. The fourth-order valence-electron chi connectivity index (χ4n) is 2.30. The number of aromatic nitrogens is 2. The van der Waals surface area contributed by atoms with Gasteiger partial charge in [0.15, 0.2) is 0 Å². The molecule has 0 aliphatic carbocycles. The summed E-state index contributed by atoms with van der Waals surface area (Å²) in [5.74, 6) is -1.74. The first-order valence-corrected chi connectivity index (χ1v) is 7.11. The van der Waals surface area contributed by atoms with E-state index in [1.54, 1.807) is 24.3 Å². The maximum absolute atomic E-state index is 12.3. The largest absolute Gasteiger partial charge is 0.480 e. The van der Waals surface area contributed by atoms with Crippen LogP contribution in [0.15, 0.2) is 53.2 Å². The molecule has 0 fully saturated rings. The maximum Gasteiger partial charge on any atom is 0.326 e. The van der Waals surface area contributed by atoms with Crippen molar-refractivity contribution in [3.8, 4) is 0 Å². The van der Waals surface area contributed by atoms with Crippen LogP contribution in [0, 0.1) is 5.21 Å². The van der Waals surface area contributed by atoms with Gasteiger partial charge in [0.1, 0.15) is 6.04 Å². The molecular weight excluding hydrogens is 314 g/mol. The zero-order chi connectivity index (χ0) is 17.1. The molecular formula is C16H13N3O5. The molecule has 8 heteroatoms. The molecule has 3 rings (SSSR count). The van der Waals surface area contributed by atoms with E-state index in [-0.39, 0.29) is 22.4 Å². The molecule has 0 saturated carbocycles. The van der Waals surface area contributed by atoms with E-state index in [0.29, 0.717) is 5.52 Å². The first-order chi connectivity index (χ1) is 11.5. The SMILES string of the molecule is O=C(NC(Cc1ccccc1)C(=O)O)c1ccc2no[n+]([O-])c2c1. The molecule has 0 spiro atoms. The average Bonchev–Trinajstić information content (AvgIpc) is 2.95. The van der Waals surface area contributed by atoms with Crippen LogP contribution in [0.5, 0.6) is 0 Å². The van der Waals surface area contributed by atoms with E-state index in [2.05, 4.69) is 15.1 Å². The predicted octanol–water partition coefficient (Wildman–Crippen LogP) is 0.887. The molecule has 0 radical (unpaired) electrons. The van der Waals surface area contributed by atoms with Gasteiger partial charge in [-0.3, -0.25) is 9.42 Å². The van der Waals surface area contributed by atoms with Crippen molar-refractivity contribution in [3.05, 3.63) is 64.9 Å². The van der Waals surface area contributed by atoms with Gasteiger partial charge in [-0.2, -0.15) is 0 Å². The Bertz CT molecular complexity index is 891. The van der Waals surface area contributed by atoms with Gasteiger partial charge in [-0.15, -0.1) is 0 Å². The van der Waals surface area contributed by atoms with Crippen molar-refractivity contribution in [3.63, 3.8) is 0 Å². The fraction of sp³-hybridized carbons (Fsp3) is 0.125. The summed E-state index contributed by atoms with van der Waals surface area (Å²) < 4.78 is 4.43. The van der Waals surface area contributed by atoms with Crippen LogP contribution in [0.25, 0.3) is 11.0 Å². The van der Waals surface area contributed by atoms with Crippen molar-refractivity contribution in [1.82, 2.24) is 10.5 Å². The van der Waals surface area contributed by atoms with Crippen molar-refractivity contribution in [1.29, 1.82) is 0 Å². The number of fused-ring (bicyclic) bond motifs is 1. The fourth-order valence-corrected chi connectivity index (χ4v) is 2.30. The van der Waals surface area contributed by atoms with Crippen LogP contribution in [-0.4, -0.2) is 28.2 Å². The molecule has 8 nitrogen and oxygen atoms in total. The van der Waals surface area contributed by atoms with Crippen molar-refractivity contribution >= 4 is 22.9 Å². The van der Waals surface area contributed by atoms with Crippen LogP contribution in [0.2, 0.25) is 0 Å². The Hall–Kier alpha value is -3.42. The molecule has 24 heavy (non-hydrogen) atoms. The van der Waals surface area contributed by atoms with E-state index in [1.807, 2.05) is 6.07 Å². The molecule has 2 N–H and O–H groups in total. The number of carbonyl (C=O) groups is 2. The van der Waals surface area contributed by atoms with E-state index >= 15 is 0 Å². The second kappa shape index (κ2) is 6.37. The molecule has 3 aromatic rings. The number of rotatable bonds is 5. The van der Waals surface area contributed by atoms with Gasteiger partial charge in [-0.25, -0.2) is 4.79 Å². The zero-order valence-electron chi connectivity index (χ0n) is 12.4. The molecule has 122 valence electrons. The summed E-state index contributed by atoms with van der Waals surface area (Å²) in [6.07, 6.45) is 0.152. The van der Waals surface area contributed by atoms with Gasteiger partial charge < -0.3 is 15.6 Å². The lowest BCUT2D eigenvalue weighted by Crippen LogP contribution is -2.42. The van der Waals surface area contributed by atoms with E-state index in [4.69, 9.17) is 0 Å². The zero-order valence-corrected chi connectivity index (χ0v) is 12.4. The Labute approximate surface area is 135 Å². The van der Waals surface area contributed by atoms with Crippen molar-refractivity contribution < 1.29 is 24.2 Å². The summed E-state index contributed by atoms with van der Waals surface area (Å²) in [4.78, 5) is 23.9. The third-order valence-electron chi connectivity index (χ3n) is 3.53.